The Bertz CT molecular complexity index is 579. The first-order valence-corrected chi connectivity index (χ1v) is 7.16. The Kier molecular flexibility index (Phi) is 5.23. The van der Waals surface area contributed by atoms with Gasteiger partial charge in [0.2, 0.25) is 0 Å². The molecule has 0 aromatic heterocycles. The summed E-state index contributed by atoms with van der Waals surface area (Å²) in [7, 11) is 0. The van der Waals surface area contributed by atoms with Crippen LogP contribution < -0.4 is 10.5 Å². The summed E-state index contributed by atoms with van der Waals surface area (Å²) in [6.07, 6.45) is 2.55. The predicted octanol–water partition coefficient (Wildman–Crippen LogP) is 2.54. The number of amides is 2. The van der Waals surface area contributed by atoms with E-state index in [2.05, 4.69) is 11.8 Å². The molecule has 2 rings (SSSR count). The van der Waals surface area contributed by atoms with Gasteiger partial charge in [-0.25, -0.2) is 9.18 Å². The van der Waals surface area contributed by atoms with Gasteiger partial charge < -0.3 is 10.5 Å². The highest BCUT2D eigenvalue weighted by Crippen LogP contribution is 2.28. The summed E-state index contributed by atoms with van der Waals surface area (Å²) in [5, 5.41) is 9.75. The molecule has 1 aromatic carbocycles. The molecule has 3 N–H and O–H groups in total. The molecule has 6 heteroatoms. The van der Waals surface area contributed by atoms with Crippen molar-refractivity contribution in [2.75, 3.05) is 0 Å². The van der Waals surface area contributed by atoms with E-state index in [4.69, 9.17) is 10.5 Å². The van der Waals surface area contributed by atoms with Gasteiger partial charge in [0, 0.05) is 5.92 Å². The van der Waals surface area contributed by atoms with Crippen molar-refractivity contribution in [1.29, 1.82) is 0 Å². The van der Waals surface area contributed by atoms with Gasteiger partial charge in [-0.15, -0.1) is 0 Å². The maximum Gasteiger partial charge on any atom is 0.339 e. The smallest absolute Gasteiger partial charge is 0.339 e. The molecular formula is C16H19FN2O3. The summed E-state index contributed by atoms with van der Waals surface area (Å²) in [4.78, 5) is 10.8. The fourth-order valence-corrected chi connectivity index (χ4v) is 2.37. The van der Waals surface area contributed by atoms with Crippen molar-refractivity contribution in [2.45, 2.75) is 38.3 Å². The van der Waals surface area contributed by atoms with Crippen LogP contribution in [0.1, 0.15) is 26.2 Å². The fraction of sp³-hybridized carbons (Fsp3) is 0.438. The van der Waals surface area contributed by atoms with Gasteiger partial charge in [0.25, 0.3) is 0 Å². The van der Waals surface area contributed by atoms with E-state index in [1.54, 1.807) is 19.1 Å². The number of primary amides is 1. The molecule has 22 heavy (non-hydrogen) atoms. The van der Waals surface area contributed by atoms with Crippen LogP contribution in [0, 0.1) is 23.6 Å². The van der Waals surface area contributed by atoms with E-state index in [0.29, 0.717) is 10.8 Å². The monoisotopic (exact) mass is 306 g/mol. The highest BCUT2D eigenvalue weighted by atomic mass is 19.1. The molecule has 0 spiro atoms. The average Bonchev–Trinajstić information content (AvgIpc) is 2.94. The van der Waals surface area contributed by atoms with Gasteiger partial charge in [-0.2, -0.15) is 5.06 Å². The van der Waals surface area contributed by atoms with E-state index < -0.39 is 12.1 Å². The Labute approximate surface area is 128 Å². The number of rotatable bonds is 3. The molecule has 1 fully saturated rings. The first-order chi connectivity index (χ1) is 10.5. The van der Waals surface area contributed by atoms with Gasteiger partial charge in [0.15, 0.2) is 0 Å². The number of urea groups is 1. The van der Waals surface area contributed by atoms with Gasteiger partial charge in [-0.3, -0.25) is 5.21 Å². The van der Waals surface area contributed by atoms with Gasteiger partial charge in [-0.05, 0) is 50.5 Å². The molecule has 3 atom stereocenters. The van der Waals surface area contributed by atoms with Gasteiger partial charge in [-0.1, -0.05) is 11.8 Å². The number of ether oxygens (including phenoxy) is 1. The summed E-state index contributed by atoms with van der Waals surface area (Å²) in [6.45, 7) is 1.60. The lowest BCUT2D eigenvalue weighted by atomic mass is 10.1. The third kappa shape index (κ3) is 4.37. The van der Waals surface area contributed by atoms with Gasteiger partial charge >= 0.3 is 6.03 Å². The summed E-state index contributed by atoms with van der Waals surface area (Å²) in [5.41, 5.74) is 4.96. The maximum atomic E-state index is 12.8. The fourth-order valence-electron chi connectivity index (χ4n) is 2.37. The van der Waals surface area contributed by atoms with Crippen LogP contribution in [0.4, 0.5) is 9.18 Å². The molecule has 1 unspecified atom stereocenters. The third-order valence-electron chi connectivity index (χ3n) is 3.59. The van der Waals surface area contributed by atoms with Crippen LogP contribution in [0.5, 0.6) is 5.75 Å². The number of benzene rings is 1. The Balaban J connectivity index is 1.85. The number of hydrogen-bond acceptors (Lipinski definition) is 3. The van der Waals surface area contributed by atoms with Crippen molar-refractivity contribution in [1.82, 2.24) is 5.06 Å². The SMILES string of the molecule is CC(C#C[C@H]1CC[C@H](Oc2ccc(F)cc2)C1)N(O)C(N)=O. The number of carbonyl (C=O) groups is 1. The van der Waals surface area contributed by atoms with Crippen LogP contribution in [-0.2, 0) is 0 Å². The second-order valence-corrected chi connectivity index (χ2v) is 5.35. The molecule has 0 aliphatic heterocycles. The molecule has 0 bridgehead atoms. The number of carbonyl (C=O) groups excluding carboxylic acids is 1. The van der Waals surface area contributed by atoms with Crippen molar-refractivity contribution in [3.8, 4) is 17.6 Å². The minimum atomic E-state index is -0.925. The van der Waals surface area contributed by atoms with Crippen molar-refractivity contribution >= 4 is 6.03 Å². The number of nitrogens with two attached hydrogens (primary N) is 1. The van der Waals surface area contributed by atoms with E-state index >= 15 is 0 Å². The minimum Gasteiger partial charge on any atom is -0.490 e. The quantitative estimate of drug-likeness (QED) is 0.512. The zero-order chi connectivity index (χ0) is 16.1. The number of hydrogen-bond donors (Lipinski definition) is 2. The average molecular weight is 306 g/mol. The summed E-state index contributed by atoms with van der Waals surface area (Å²) in [5.74, 6) is 6.36. The largest absolute Gasteiger partial charge is 0.490 e. The molecule has 5 nitrogen and oxygen atoms in total. The Morgan fingerprint density at radius 3 is 2.77 bits per heavy atom. The van der Waals surface area contributed by atoms with Crippen LogP contribution in [0.15, 0.2) is 24.3 Å². The van der Waals surface area contributed by atoms with Crippen LogP contribution in [0.3, 0.4) is 0 Å². The molecule has 0 saturated heterocycles. The van der Waals surface area contributed by atoms with Crippen molar-refractivity contribution in [3.63, 3.8) is 0 Å². The maximum absolute atomic E-state index is 12.8. The highest BCUT2D eigenvalue weighted by molar-refractivity contribution is 5.71. The van der Waals surface area contributed by atoms with Crippen molar-refractivity contribution < 1.29 is 19.1 Å². The molecule has 1 aliphatic rings. The summed E-state index contributed by atoms with van der Waals surface area (Å²) >= 11 is 0. The third-order valence-corrected chi connectivity index (χ3v) is 3.59. The van der Waals surface area contributed by atoms with E-state index in [0.717, 1.165) is 19.3 Å². The lowest BCUT2D eigenvalue weighted by Gasteiger charge is -2.15. The van der Waals surface area contributed by atoms with Gasteiger partial charge in [0.1, 0.15) is 17.6 Å². The first-order valence-electron chi connectivity index (χ1n) is 7.16. The second kappa shape index (κ2) is 7.14. The van der Waals surface area contributed by atoms with Crippen molar-refractivity contribution in [2.24, 2.45) is 11.7 Å². The zero-order valence-corrected chi connectivity index (χ0v) is 12.3. The molecular weight excluding hydrogens is 287 g/mol. The first kappa shape index (κ1) is 16.1. The van der Waals surface area contributed by atoms with E-state index in [1.807, 2.05) is 0 Å². The van der Waals surface area contributed by atoms with Gasteiger partial charge in [0.05, 0.1) is 6.10 Å². The molecule has 0 heterocycles. The van der Waals surface area contributed by atoms with Crippen LogP contribution in [-0.4, -0.2) is 28.4 Å². The van der Waals surface area contributed by atoms with Crippen LogP contribution in [0.25, 0.3) is 0 Å². The number of hydroxylamine groups is 2. The summed E-state index contributed by atoms with van der Waals surface area (Å²) in [6, 6.07) is 4.37. The lowest BCUT2D eigenvalue weighted by molar-refractivity contribution is -0.0537. The Morgan fingerprint density at radius 2 is 2.14 bits per heavy atom. The van der Waals surface area contributed by atoms with E-state index in [9.17, 15) is 14.4 Å². The van der Waals surface area contributed by atoms with Crippen LogP contribution in [0.2, 0.25) is 0 Å². The zero-order valence-electron chi connectivity index (χ0n) is 12.3. The topological polar surface area (TPSA) is 75.8 Å². The summed E-state index contributed by atoms with van der Waals surface area (Å²) < 4.78 is 18.6. The molecule has 1 saturated carbocycles. The standard InChI is InChI=1S/C16H19FN2O3/c1-11(19(21)16(18)20)2-3-12-4-7-15(10-12)22-14-8-5-13(17)6-9-14/h5-6,8-9,11-12,15,21H,4,7,10H2,1H3,(H2,18,20)/t11?,12-,15-/m0/s1. The molecule has 2 amide bonds. The molecule has 1 aromatic rings. The normalized spacial score (nSPS) is 21.6. The lowest BCUT2D eigenvalue weighted by Crippen LogP contribution is -2.38. The van der Waals surface area contributed by atoms with E-state index in [-0.39, 0.29) is 17.8 Å². The van der Waals surface area contributed by atoms with Crippen molar-refractivity contribution in [3.05, 3.63) is 30.1 Å². The minimum absolute atomic E-state index is 0.0430. The molecule has 118 valence electrons. The predicted molar refractivity (Wildman–Crippen MR) is 78.6 cm³/mol. The van der Waals surface area contributed by atoms with E-state index in [1.165, 1.54) is 12.1 Å². The molecule has 1 aliphatic carbocycles. The van der Waals surface area contributed by atoms with Crippen LogP contribution >= 0.6 is 0 Å². The Hall–Kier alpha value is -2.26. The Morgan fingerprint density at radius 1 is 1.45 bits per heavy atom. The highest BCUT2D eigenvalue weighted by Gasteiger charge is 2.25. The molecule has 0 radical (unpaired) electrons. The number of halogens is 1. The number of nitrogens with zero attached hydrogens (tertiary/aromatic N) is 1. The second-order valence-electron chi connectivity index (χ2n) is 5.35.